The summed E-state index contributed by atoms with van der Waals surface area (Å²) in [6, 6.07) is 0. The Kier molecular flexibility index (Phi) is 10.2. The lowest BCUT2D eigenvalue weighted by Gasteiger charge is -2.14. The lowest BCUT2D eigenvalue weighted by molar-refractivity contribution is -0.145. The van der Waals surface area contributed by atoms with E-state index in [1.165, 1.54) is 0 Å². The smallest absolute Gasteiger partial charge is 0.459 e. The van der Waals surface area contributed by atoms with Gasteiger partial charge in [0.25, 0.3) is 0 Å². The Morgan fingerprint density at radius 1 is 1.41 bits per heavy atom. The topological polar surface area (TPSA) is 124 Å². The van der Waals surface area contributed by atoms with E-state index in [4.69, 9.17) is 29.1 Å². The monoisotopic (exact) mass is 270 g/mol. The van der Waals surface area contributed by atoms with Crippen LogP contribution in [0, 0.1) is 0 Å². The minimum atomic E-state index is -4.64. The van der Waals surface area contributed by atoms with E-state index < -0.39 is 7.82 Å². The summed E-state index contributed by atoms with van der Waals surface area (Å²) in [6.07, 6.45) is 1.04. The molecule has 0 heterocycles. The zero-order valence-electron chi connectivity index (χ0n) is 9.87. The summed E-state index contributed by atoms with van der Waals surface area (Å²) < 4.78 is 13.9. The molecule has 0 rings (SSSR count). The Labute approximate surface area is 100.0 Å². The average Bonchev–Trinajstić information content (AvgIpc) is 2.14. The van der Waals surface area contributed by atoms with Gasteiger partial charge in [-0.1, -0.05) is 13.5 Å². The Morgan fingerprint density at radius 3 is 2.06 bits per heavy atom. The number of ether oxygens (including phenoxy) is 1. The van der Waals surface area contributed by atoms with Gasteiger partial charge in [-0.3, -0.25) is 0 Å². The molecule has 0 aromatic heterocycles. The summed E-state index contributed by atoms with van der Waals surface area (Å²) in [4.78, 5) is 32.5. The highest BCUT2D eigenvalue weighted by Gasteiger charge is 2.11. The lowest BCUT2D eigenvalue weighted by atomic mass is 10.2. The Hall–Kier alpha value is -0.720. The molecule has 0 bridgehead atoms. The van der Waals surface area contributed by atoms with E-state index in [-0.39, 0.29) is 18.7 Å². The van der Waals surface area contributed by atoms with Gasteiger partial charge in [-0.2, -0.15) is 0 Å². The summed E-state index contributed by atoms with van der Waals surface area (Å²) in [5, 5.41) is 8.61. The van der Waals surface area contributed by atoms with E-state index in [9.17, 15) is 4.79 Å². The van der Waals surface area contributed by atoms with Crippen LogP contribution < -0.4 is 0 Å². The van der Waals surface area contributed by atoms with Crippen LogP contribution in [0.15, 0.2) is 12.2 Å². The lowest BCUT2D eigenvalue weighted by Crippen LogP contribution is -2.18. The molecular formula is C9H19O7P. The maximum Gasteiger partial charge on any atom is 0.466 e. The van der Waals surface area contributed by atoms with Crippen LogP contribution in [-0.4, -0.2) is 38.5 Å². The van der Waals surface area contributed by atoms with Gasteiger partial charge in [0.1, 0.15) is 6.10 Å². The molecule has 4 N–H and O–H groups in total. The Balaban J connectivity index is 0. The van der Waals surface area contributed by atoms with E-state index in [0.29, 0.717) is 12.0 Å². The first-order valence-corrected chi connectivity index (χ1v) is 6.44. The zero-order valence-corrected chi connectivity index (χ0v) is 10.8. The van der Waals surface area contributed by atoms with E-state index in [0.717, 1.165) is 6.42 Å². The largest absolute Gasteiger partial charge is 0.466 e. The molecule has 0 spiro atoms. The number of aliphatic hydroxyl groups excluding tert-OH is 1. The van der Waals surface area contributed by atoms with Gasteiger partial charge in [-0.15, -0.1) is 0 Å². The molecule has 102 valence electrons. The van der Waals surface area contributed by atoms with Crippen molar-refractivity contribution in [2.75, 3.05) is 6.61 Å². The Bertz CT molecular complexity index is 275. The highest BCUT2D eigenvalue weighted by Crippen LogP contribution is 2.25. The molecule has 0 aliphatic carbocycles. The minimum absolute atomic E-state index is 0.0436. The molecule has 0 aliphatic rings. The van der Waals surface area contributed by atoms with Crippen molar-refractivity contribution in [3.8, 4) is 0 Å². The van der Waals surface area contributed by atoms with E-state index in [2.05, 4.69) is 6.58 Å². The molecule has 0 radical (unpaired) electrons. The third kappa shape index (κ3) is 17.9. The first kappa shape index (κ1) is 18.6. The molecule has 1 atom stereocenters. The number of carbonyl (C=O) groups excluding carboxylic acids is 1. The average molecular weight is 270 g/mol. The van der Waals surface area contributed by atoms with Crippen molar-refractivity contribution in [2.45, 2.75) is 32.8 Å². The van der Waals surface area contributed by atoms with Crippen molar-refractivity contribution in [1.29, 1.82) is 0 Å². The van der Waals surface area contributed by atoms with Crippen LogP contribution in [0.25, 0.3) is 0 Å². The van der Waals surface area contributed by atoms with Crippen molar-refractivity contribution >= 4 is 13.8 Å². The second kappa shape index (κ2) is 9.32. The molecular weight excluding hydrogens is 251 g/mol. The van der Waals surface area contributed by atoms with Gasteiger partial charge in [0, 0.05) is 18.6 Å². The molecule has 7 nitrogen and oxygen atoms in total. The number of esters is 1. The van der Waals surface area contributed by atoms with Crippen molar-refractivity contribution in [1.82, 2.24) is 0 Å². The second-order valence-corrected chi connectivity index (χ2v) is 4.27. The third-order valence-electron chi connectivity index (χ3n) is 1.53. The van der Waals surface area contributed by atoms with Crippen LogP contribution in [0.3, 0.4) is 0 Å². The quantitative estimate of drug-likeness (QED) is 0.322. The number of carbonyl (C=O) groups is 1. The number of hydrogen-bond donors (Lipinski definition) is 4. The molecule has 1 unspecified atom stereocenters. The van der Waals surface area contributed by atoms with E-state index in [1.807, 2.05) is 6.92 Å². The highest BCUT2D eigenvalue weighted by molar-refractivity contribution is 7.45. The highest BCUT2D eigenvalue weighted by atomic mass is 31.2. The number of aliphatic hydroxyl groups is 1. The van der Waals surface area contributed by atoms with Crippen LogP contribution in [0.1, 0.15) is 26.7 Å². The number of hydrogen-bond acceptors (Lipinski definition) is 4. The summed E-state index contributed by atoms with van der Waals surface area (Å²) in [5.41, 5.74) is 0.395. The van der Waals surface area contributed by atoms with Crippen LogP contribution in [0.4, 0.5) is 0 Å². The molecule has 0 aromatic rings. The van der Waals surface area contributed by atoms with Gasteiger partial charge in [0.15, 0.2) is 0 Å². The summed E-state index contributed by atoms with van der Waals surface area (Å²) in [5.74, 6) is -0.379. The molecule has 0 saturated heterocycles. The SMILES string of the molecule is C=C(C)C(=O)OC(CC)CCO.O=P(O)(O)O. The van der Waals surface area contributed by atoms with Gasteiger partial charge in [-0.25, -0.2) is 9.36 Å². The second-order valence-electron chi connectivity index (χ2n) is 3.24. The van der Waals surface area contributed by atoms with Crippen molar-refractivity contribution in [3.63, 3.8) is 0 Å². The molecule has 0 amide bonds. The first-order chi connectivity index (χ1) is 7.61. The number of phosphoric acid groups is 1. The predicted molar refractivity (Wildman–Crippen MR) is 61.0 cm³/mol. The maximum atomic E-state index is 11.0. The minimum Gasteiger partial charge on any atom is -0.459 e. The van der Waals surface area contributed by atoms with Crippen molar-refractivity contribution in [2.24, 2.45) is 0 Å². The van der Waals surface area contributed by atoms with Crippen LogP contribution in [-0.2, 0) is 14.1 Å². The normalized spacial score (nSPS) is 12.1. The predicted octanol–water partition coefficient (Wildman–Crippen LogP) is 0.338. The van der Waals surface area contributed by atoms with Crippen molar-refractivity contribution < 1.29 is 33.9 Å². The van der Waals surface area contributed by atoms with Gasteiger partial charge in [0.2, 0.25) is 0 Å². The number of rotatable bonds is 5. The molecule has 0 fully saturated rings. The fraction of sp³-hybridized carbons (Fsp3) is 0.667. The molecule has 8 heteroatoms. The molecule has 0 aromatic carbocycles. The van der Waals surface area contributed by atoms with E-state index >= 15 is 0 Å². The van der Waals surface area contributed by atoms with E-state index in [1.54, 1.807) is 6.92 Å². The van der Waals surface area contributed by atoms with Gasteiger partial charge in [0.05, 0.1) is 0 Å². The summed E-state index contributed by atoms with van der Waals surface area (Å²) >= 11 is 0. The van der Waals surface area contributed by atoms with Crippen LogP contribution in [0.5, 0.6) is 0 Å². The fourth-order valence-electron chi connectivity index (χ4n) is 0.742. The molecule has 0 saturated carbocycles. The third-order valence-corrected chi connectivity index (χ3v) is 1.53. The van der Waals surface area contributed by atoms with Crippen LogP contribution >= 0.6 is 7.82 Å². The summed E-state index contributed by atoms with van der Waals surface area (Å²) in [7, 11) is -4.64. The summed E-state index contributed by atoms with van der Waals surface area (Å²) in [6.45, 7) is 7.02. The van der Waals surface area contributed by atoms with Gasteiger partial charge in [-0.05, 0) is 13.3 Å². The zero-order chi connectivity index (χ0) is 14.1. The molecule has 17 heavy (non-hydrogen) atoms. The van der Waals surface area contributed by atoms with Crippen LogP contribution in [0.2, 0.25) is 0 Å². The maximum absolute atomic E-state index is 11.0. The Morgan fingerprint density at radius 2 is 1.82 bits per heavy atom. The fourth-order valence-corrected chi connectivity index (χ4v) is 0.742. The van der Waals surface area contributed by atoms with Gasteiger partial charge >= 0.3 is 13.8 Å². The first-order valence-electron chi connectivity index (χ1n) is 4.87. The standard InChI is InChI=1S/C9H16O3.H3O4P/c1-4-8(5-6-10)12-9(11)7(2)3;1-5(2,3)4/h8,10H,2,4-6H2,1,3H3;(H3,1,2,3,4). The molecule has 0 aliphatic heterocycles. The van der Waals surface area contributed by atoms with Gasteiger partial charge < -0.3 is 24.5 Å². The van der Waals surface area contributed by atoms with Crippen molar-refractivity contribution in [3.05, 3.63) is 12.2 Å².